The fourth-order valence-electron chi connectivity index (χ4n) is 2.51. The predicted molar refractivity (Wildman–Crippen MR) is 72.1 cm³/mol. The summed E-state index contributed by atoms with van der Waals surface area (Å²) in [5, 5.41) is 3.53. The van der Waals surface area contributed by atoms with E-state index in [0.29, 0.717) is 6.04 Å². The number of hydrogen-bond donors (Lipinski definition) is 2. The molecule has 1 aliphatic rings. The molecule has 0 spiro atoms. The van der Waals surface area contributed by atoms with Gasteiger partial charge in [0.1, 0.15) is 0 Å². The minimum atomic E-state index is 0.470. The molecule has 17 heavy (non-hydrogen) atoms. The summed E-state index contributed by atoms with van der Waals surface area (Å²) in [6.07, 6.45) is 2.18. The van der Waals surface area contributed by atoms with Gasteiger partial charge in [-0.1, -0.05) is 36.4 Å². The van der Waals surface area contributed by atoms with Crippen LogP contribution >= 0.6 is 0 Å². The van der Waals surface area contributed by atoms with Gasteiger partial charge >= 0.3 is 0 Å². The Morgan fingerprint density at radius 3 is 2.12 bits per heavy atom. The van der Waals surface area contributed by atoms with Crippen molar-refractivity contribution in [2.45, 2.75) is 18.9 Å². The zero-order valence-electron chi connectivity index (χ0n) is 9.69. The maximum absolute atomic E-state index is 5.94. The third-order valence-corrected chi connectivity index (χ3v) is 3.37. The van der Waals surface area contributed by atoms with E-state index < -0.39 is 0 Å². The first-order valence-electron chi connectivity index (χ1n) is 6.01. The molecule has 2 aromatic rings. The van der Waals surface area contributed by atoms with Crippen LogP contribution in [-0.2, 0) is 12.8 Å². The summed E-state index contributed by atoms with van der Waals surface area (Å²) in [6.45, 7) is 0. The van der Waals surface area contributed by atoms with Gasteiger partial charge in [-0.3, -0.25) is 0 Å². The average Bonchev–Trinajstić information content (AvgIpc) is 2.74. The van der Waals surface area contributed by atoms with Gasteiger partial charge in [0.2, 0.25) is 0 Å². The molecular weight excluding hydrogens is 208 g/mol. The lowest BCUT2D eigenvalue weighted by atomic mass is 10.1. The average molecular weight is 224 g/mol. The summed E-state index contributed by atoms with van der Waals surface area (Å²) < 4.78 is 0. The van der Waals surface area contributed by atoms with Gasteiger partial charge in [-0.25, -0.2) is 0 Å². The second kappa shape index (κ2) is 4.13. The molecule has 2 aromatic carbocycles. The van der Waals surface area contributed by atoms with Crippen molar-refractivity contribution in [2.24, 2.45) is 0 Å². The van der Waals surface area contributed by atoms with Crippen LogP contribution < -0.4 is 11.1 Å². The third-order valence-electron chi connectivity index (χ3n) is 3.37. The molecule has 0 saturated heterocycles. The highest BCUT2D eigenvalue weighted by Crippen LogP contribution is 2.26. The van der Waals surface area contributed by atoms with Crippen molar-refractivity contribution in [3.63, 3.8) is 0 Å². The molecule has 1 aliphatic carbocycles. The van der Waals surface area contributed by atoms with E-state index in [1.165, 1.54) is 11.1 Å². The molecule has 0 unspecified atom stereocenters. The Kier molecular flexibility index (Phi) is 2.48. The van der Waals surface area contributed by atoms with Gasteiger partial charge in [0.15, 0.2) is 0 Å². The number of nitrogens with one attached hydrogen (secondary N) is 1. The van der Waals surface area contributed by atoms with Crippen LogP contribution in [0, 0.1) is 0 Å². The van der Waals surface area contributed by atoms with E-state index in [4.69, 9.17) is 5.73 Å². The van der Waals surface area contributed by atoms with E-state index >= 15 is 0 Å². The lowest BCUT2D eigenvalue weighted by molar-refractivity contribution is 0.775. The number of benzene rings is 2. The highest BCUT2D eigenvalue weighted by atomic mass is 14.9. The van der Waals surface area contributed by atoms with Gasteiger partial charge in [-0.15, -0.1) is 0 Å². The number of nitrogen functional groups attached to an aromatic ring is 1. The highest BCUT2D eigenvalue weighted by Gasteiger charge is 2.20. The standard InChI is InChI=1S/C15H16N2/c16-14-7-3-4-8-15(14)17-13-9-11-5-1-2-6-12(11)10-13/h1-8,13,17H,9-10,16H2. The fourth-order valence-corrected chi connectivity index (χ4v) is 2.51. The lowest BCUT2D eigenvalue weighted by Crippen LogP contribution is -2.20. The van der Waals surface area contributed by atoms with Gasteiger partial charge in [0, 0.05) is 6.04 Å². The quantitative estimate of drug-likeness (QED) is 0.770. The maximum atomic E-state index is 5.94. The summed E-state index contributed by atoms with van der Waals surface area (Å²) >= 11 is 0. The van der Waals surface area contributed by atoms with Gasteiger partial charge in [-0.05, 0) is 36.1 Å². The SMILES string of the molecule is Nc1ccccc1NC1Cc2ccccc2C1. The molecule has 0 amide bonds. The van der Waals surface area contributed by atoms with Crippen LogP contribution in [0.1, 0.15) is 11.1 Å². The van der Waals surface area contributed by atoms with E-state index in [9.17, 15) is 0 Å². The van der Waals surface area contributed by atoms with Crippen LogP contribution in [0.2, 0.25) is 0 Å². The molecule has 3 N–H and O–H groups in total. The van der Waals surface area contributed by atoms with E-state index in [1.807, 2.05) is 24.3 Å². The van der Waals surface area contributed by atoms with Crippen LogP contribution in [0.15, 0.2) is 48.5 Å². The summed E-state index contributed by atoms with van der Waals surface area (Å²) in [5.41, 5.74) is 10.7. The summed E-state index contributed by atoms with van der Waals surface area (Å²) in [7, 11) is 0. The van der Waals surface area contributed by atoms with Crippen LogP contribution in [0.5, 0.6) is 0 Å². The van der Waals surface area contributed by atoms with Crippen molar-refractivity contribution < 1.29 is 0 Å². The van der Waals surface area contributed by atoms with E-state index in [1.54, 1.807) is 0 Å². The highest BCUT2D eigenvalue weighted by molar-refractivity contribution is 5.66. The largest absolute Gasteiger partial charge is 0.397 e. The molecule has 0 fully saturated rings. The first-order chi connectivity index (χ1) is 8.33. The lowest BCUT2D eigenvalue weighted by Gasteiger charge is -2.15. The molecule has 0 aromatic heterocycles. The van der Waals surface area contributed by atoms with Crippen molar-refractivity contribution in [2.75, 3.05) is 11.1 Å². The smallest absolute Gasteiger partial charge is 0.0576 e. The van der Waals surface area contributed by atoms with Gasteiger partial charge in [0.25, 0.3) is 0 Å². The van der Waals surface area contributed by atoms with E-state index in [-0.39, 0.29) is 0 Å². The van der Waals surface area contributed by atoms with E-state index in [0.717, 1.165) is 24.2 Å². The number of fused-ring (bicyclic) bond motifs is 1. The minimum absolute atomic E-state index is 0.470. The Morgan fingerprint density at radius 2 is 1.47 bits per heavy atom. The molecule has 2 heteroatoms. The van der Waals surface area contributed by atoms with E-state index in [2.05, 4.69) is 29.6 Å². The Bertz CT molecular complexity index is 509. The molecular formula is C15H16N2. The zero-order chi connectivity index (χ0) is 11.7. The Balaban J connectivity index is 1.76. The second-order valence-corrected chi connectivity index (χ2v) is 4.61. The Labute approximate surface area is 101 Å². The first kappa shape index (κ1) is 10.2. The topological polar surface area (TPSA) is 38.0 Å². The number of anilines is 2. The first-order valence-corrected chi connectivity index (χ1v) is 6.01. The van der Waals surface area contributed by atoms with Crippen molar-refractivity contribution in [1.29, 1.82) is 0 Å². The second-order valence-electron chi connectivity index (χ2n) is 4.61. The summed E-state index contributed by atoms with van der Waals surface area (Å²) in [6, 6.07) is 17.1. The molecule has 0 saturated carbocycles. The molecule has 0 atom stereocenters. The van der Waals surface area contributed by atoms with Crippen molar-refractivity contribution in [3.8, 4) is 0 Å². The van der Waals surface area contributed by atoms with Gasteiger partial charge in [-0.2, -0.15) is 0 Å². The number of rotatable bonds is 2. The van der Waals surface area contributed by atoms with Crippen molar-refractivity contribution in [1.82, 2.24) is 0 Å². The molecule has 86 valence electrons. The number of hydrogen-bond acceptors (Lipinski definition) is 2. The number of para-hydroxylation sites is 2. The molecule has 0 radical (unpaired) electrons. The summed E-state index contributed by atoms with van der Waals surface area (Å²) in [5.74, 6) is 0. The zero-order valence-corrected chi connectivity index (χ0v) is 9.69. The fraction of sp³-hybridized carbons (Fsp3) is 0.200. The monoisotopic (exact) mass is 224 g/mol. The van der Waals surface area contributed by atoms with Crippen LogP contribution in [0.3, 0.4) is 0 Å². The Morgan fingerprint density at radius 1 is 0.882 bits per heavy atom. The van der Waals surface area contributed by atoms with Gasteiger partial charge < -0.3 is 11.1 Å². The van der Waals surface area contributed by atoms with Crippen LogP contribution in [0.4, 0.5) is 11.4 Å². The number of nitrogens with two attached hydrogens (primary N) is 1. The van der Waals surface area contributed by atoms with Crippen molar-refractivity contribution >= 4 is 11.4 Å². The minimum Gasteiger partial charge on any atom is -0.397 e. The molecule has 2 nitrogen and oxygen atoms in total. The van der Waals surface area contributed by atoms with Crippen LogP contribution in [0.25, 0.3) is 0 Å². The molecule has 0 heterocycles. The van der Waals surface area contributed by atoms with Gasteiger partial charge in [0.05, 0.1) is 11.4 Å². The molecule has 0 bridgehead atoms. The predicted octanol–water partition coefficient (Wildman–Crippen LogP) is 2.85. The normalized spacial score (nSPS) is 14.6. The third kappa shape index (κ3) is 1.98. The molecule has 0 aliphatic heterocycles. The summed E-state index contributed by atoms with van der Waals surface area (Å²) in [4.78, 5) is 0. The maximum Gasteiger partial charge on any atom is 0.0576 e. The molecule has 3 rings (SSSR count). The Hall–Kier alpha value is -1.96. The van der Waals surface area contributed by atoms with Crippen molar-refractivity contribution in [3.05, 3.63) is 59.7 Å². The van der Waals surface area contributed by atoms with Crippen LogP contribution in [-0.4, -0.2) is 6.04 Å².